The molecular weight excluding hydrogens is 488 g/mol. The highest BCUT2D eigenvalue weighted by molar-refractivity contribution is 7.89. The second-order valence-electron chi connectivity index (χ2n) is 7.46. The Labute approximate surface area is 197 Å². The fourth-order valence-electron chi connectivity index (χ4n) is 3.16. The van der Waals surface area contributed by atoms with E-state index < -0.39 is 30.9 Å². The van der Waals surface area contributed by atoms with E-state index in [4.69, 9.17) is 4.74 Å². The lowest BCUT2D eigenvalue weighted by molar-refractivity contribution is -0.384. The number of hydrogen-bond acceptors (Lipinski definition) is 8. The molecule has 1 aliphatic rings. The van der Waals surface area contributed by atoms with Crippen LogP contribution in [0.2, 0.25) is 0 Å². The van der Waals surface area contributed by atoms with Gasteiger partial charge >= 0.3 is 0 Å². The summed E-state index contributed by atoms with van der Waals surface area (Å²) in [7, 11) is -7.65. The van der Waals surface area contributed by atoms with Gasteiger partial charge in [0.1, 0.15) is 0 Å². The van der Waals surface area contributed by atoms with Gasteiger partial charge in [-0.15, -0.1) is 0 Å². The van der Waals surface area contributed by atoms with Crippen molar-refractivity contribution in [1.82, 2.24) is 9.44 Å². The van der Waals surface area contributed by atoms with Gasteiger partial charge in [-0.25, -0.2) is 26.3 Å². The molecule has 1 fully saturated rings. The van der Waals surface area contributed by atoms with Crippen molar-refractivity contribution in [2.24, 2.45) is 0 Å². The summed E-state index contributed by atoms with van der Waals surface area (Å²) in [5.41, 5.74) is 0.108. The molecule has 3 rings (SSSR count). The predicted octanol–water partition coefficient (Wildman–Crippen LogP) is 1.36. The third-order valence-electron chi connectivity index (χ3n) is 4.98. The molecular formula is C20H24N4O8S2. The molecule has 14 heteroatoms. The van der Waals surface area contributed by atoms with Crippen LogP contribution in [-0.4, -0.2) is 53.5 Å². The van der Waals surface area contributed by atoms with E-state index in [9.17, 15) is 31.7 Å². The summed E-state index contributed by atoms with van der Waals surface area (Å²) in [6.07, 6.45) is 1.39. The highest BCUT2D eigenvalue weighted by Gasteiger charge is 2.20. The third-order valence-corrected chi connectivity index (χ3v) is 7.89. The number of non-ortho nitro benzene ring substituents is 1. The predicted molar refractivity (Wildman–Crippen MR) is 122 cm³/mol. The first kappa shape index (κ1) is 25.7. The molecule has 1 atom stereocenters. The average Bonchev–Trinajstić information content (AvgIpc) is 3.32. The lowest BCUT2D eigenvalue weighted by atomic mass is 10.2. The number of nitro groups is 1. The van der Waals surface area contributed by atoms with E-state index in [0.29, 0.717) is 12.3 Å². The van der Waals surface area contributed by atoms with Crippen LogP contribution in [0.1, 0.15) is 19.3 Å². The fraction of sp³-hybridized carbons (Fsp3) is 0.350. The molecule has 1 aliphatic heterocycles. The fourth-order valence-corrected chi connectivity index (χ4v) is 5.26. The number of nitrogens with one attached hydrogen (secondary N) is 3. The lowest BCUT2D eigenvalue weighted by Gasteiger charge is -2.12. The minimum absolute atomic E-state index is 0.0411. The quantitative estimate of drug-likeness (QED) is 0.299. The summed E-state index contributed by atoms with van der Waals surface area (Å²) in [5.74, 6) is -0.487. The number of nitro benzene ring substituents is 1. The van der Waals surface area contributed by atoms with Crippen LogP contribution in [0.5, 0.6) is 0 Å². The molecule has 1 amide bonds. The van der Waals surface area contributed by atoms with Crippen LogP contribution in [0, 0.1) is 10.1 Å². The van der Waals surface area contributed by atoms with Crippen LogP contribution in [0.3, 0.4) is 0 Å². The second kappa shape index (κ2) is 11.0. The molecule has 0 bridgehead atoms. The largest absolute Gasteiger partial charge is 0.377 e. The maximum Gasteiger partial charge on any atom is 0.269 e. The first-order valence-electron chi connectivity index (χ1n) is 10.3. The molecule has 1 saturated heterocycles. The van der Waals surface area contributed by atoms with Gasteiger partial charge < -0.3 is 10.1 Å². The van der Waals surface area contributed by atoms with Crippen molar-refractivity contribution in [2.45, 2.75) is 35.2 Å². The third kappa shape index (κ3) is 7.04. The topological polar surface area (TPSA) is 174 Å². The first-order valence-corrected chi connectivity index (χ1v) is 13.3. The van der Waals surface area contributed by atoms with E-state index >= 15 is 0 Å². The molecule has 12 nitrogen and oxygen atoms in total. The van der Waals surface area contributed by atoms with Crippen molar-refractivity contribution in [3.8, 4) is 0 Å². The van der Waals surface area contributed by atoms with Gasteiger partial charge in [-0.05, 0) is 49.2 Å². The zero-order valence-corrected chi connectivity index (χ0v) is 19.6. The maximum atomic E-state index is 12.4. The van der Waals surface area contributed by atoms with E-state index in [1.807, 2.05) is 0 Å². The molecule has 0 radical (unpaired) electrons. The minimum Gasteiger partial charge on any atom is -0.377 e. The normalized spacial score (nSPS) is 16.3. The van der Waals surface area contributed by atoms with Gasteiger partial charge in [-0.1, -0.05) is 0 Å². The van der Waals surface area contributed by atoms with Crippen molar-refractivity contribution < 1.29 is 31.3 Å². The monoisotopic (exact) mass is 512 g/mol. The SMILES string of the molecule is O=C(CCNS(=O)(=O)c1ccc([N+](=O)[O-])cc1)Nc1ccc(S(=O)(=O)NCC2CCCO2)cc1. The van der Waals surface area contributed by atoms with Crippen LogP contribution in [0.25, 0.3) is 0 Å². The van der Waals surface area contributed by atoms with Crippen LogP contribution in [0.15, 0.2) is 58.3 Å². The molecule has 34 heavy (non-hydrogen) atoms. The maximum absolute atomic E-state index is 12.4. The zero-order valence-electron chi connectivity index (χ0n) is 18.0. The van der Waals surface area contributed by atoms with Crippen molar-refractivity contribution in [1.29, 1.82) is 0 Å². The number of carbonyl (C=O) groups is 1. The van der Waals surface area contributed by atoms with Crippen LogP contribution < -0.4 is 14.8 Å². The summed E-state index contributed by atoms with van der Waals surface area (Å²) in [6, 6.07) is 9.92. The average molecular weight is 513 g/mol. The Morgan fingerprint density at radius 3 is 2.12 bits per heavy atom. The summed E-state index contributed by atoms with van der Waals surface area (Å²) in [5, 5.41) is 13.2. The molecule has 2 aromatic carbocycles. The number of amides is 1. The van der Waals surface area contributed by atoms with Crippen molar-refractivity contribution in [3.05, 3.63) is 58.6 Å². The van der Waals surface area contributed by atoms with E-state index in [0.717, 1.165) is 37.1 Å². The molecule has 184 valence electrons. The van der Waals surface area contributed by atoms with Crippen molar-refractivity contribution >= 4 is 37.3 Å². The molecule has 1 heterocycles. The Kier molecular flexibility index (Phi) is 8.33. The number of nitrogens with zero attached hydrogens (tertiary/aromatic N) is 1. The van der Waals surface area contributed by atoms with Gasteiger partial charge in [0, 0.05) is 43.9 Å². The van der Waals surface area contributed by atoms with Gasteiger partial charge in [-0.3, -0.25) is 14.9 Å². The standard InChI is InChI=1S/C20H24N4O8S2/c25-20(11-12-21-33(28,29)19-9-5-16(6-10-19)24(26)27)23-15-3-7-18(8-4-15)34(30,31)22-14-17-2-1-13-32-17/h3-10,17,21-22H,1-2,11-14H2,(H,23,25). The highest BCUT2D eigenvalue weighted by atomic mass is 32.2. The van der Waals surface area contributed by atoms with Crippen molar-refractivity contribution in [3.63, 3.8) is 0 Å². The zero-order chi connectivity index (χ0) is 24.8. The van der Waals surface area contributed by atoms with E-state index in [1.165, 1.54) is 24.3 Å². The van der Waals surface area contributed by atoms with Gasteiger partial charge in [0.25, 0.3) is 5.69 Å². The van der Waals surface area contributed by atoms with Crippen LogP contribution >= 0.6 is 0 Å². The highest BCUT2D eigenvalue weighted by Crippen LogP contribution is 2.17. The van der Waals surface area contributed by atoms with Crippen LogP contribution in [-0.2, 0) is 29.6 Å². The van der Waals surface area contributed by atoms with E-state index in [-0.39, 0.29) is 41.1 Å². The van der Waals surface area contributed by atoms with Crippen molar-refractivity contribution in [2.75, 3.05) is 25.0 Å². The number of anilines is 1. The molecule has 0 saturated carbocycles. The summed E-state index contributed by atoms with van der Waals surface area (Å²) in [4.78, 5) is 22.0. The second-order valence-corrected chi connectivity index (χ2v) is 11.0. The van der Waals surface area contributed by atoms with E-state index in [2.05, 4.69) is 14.8 Å². The Morgan fingerprint density at radius 1 is 0.971 bits per heavy atom. The van der Waals surface area contributed by atoms with E-state index in [1.54, 1.807) is 0 Å². The number of benzene rings is 2. The molecule has 1 unspecified atom stereocenters. The lowest BCUT2D eigenvalue weighted by Crippen LogP contribution is -2.31. The summed E-state index contributed by atoms with van der Waals surface area (Å²) in [6.45, 7) is 0.612. The number of rotatable bonds is 11. The minimum atomic E-state index is -3.94. The van der Waals surface area contributed by atoms with Gasteiger partial charge in [0.05, 0.1) is 20.8 Å². The summed E-state index contributed by atoms with van der Waals surface area (Å²) < 4.78 is 59.4. The smallest absolute Gasteiger partial charge is 0.269 e. The molecule has 0 aliphatic carbocycles. The van der Waals surface area contributed by atoms with Gasteiger partial charge in [0.15, 0.2) is 0 Å². The Balaban J connectivity index is 1.47. The number of carbonyl (C=O) groups excluding carboxylic acids is 1. The first-order chi connectivity index (χ1) is 16.1. The number of ether oxygens (including phenoxy) is 1. The van der Waals surface area contributed by atoms with Gasteiger partial charge in [-0.2, -0.15) is 0 Å². The molecule has 3 N–H and O–H groups in total. The summed E-state index contributed by atoms with van der Waals surface area (Å²) >= 11 is 0. The Hall–Kier alpha value is -2.91. The number of hydrogen-bond donors (Lipinski definition) is 3. The number of sulfonamides is 2. The van der Waals surface area contributed by atoms with Gasteiger partial charge in [0.2, 0.25) is 26.0 Å². The molecule has 0 spiro atoms. The Morgan fingerprint density at radius 2 is 1.56 bits per heavy atom. The molecule has 2 aromatic rings. The Bertz CT molecular complexity index is 1220. The molecule has 0 aromatic heterocycles. The van der Waals surface area contributed by atoms with Crippen LogP contribution in [0.4, 0.5) is 11.4 Å².